The molecule has 0 unspecified atom stereocenters. The van der Waals surface area contributed by atoms with Gasteiger partial charge in [0.15, 0.2) is 5.13 Å². The second-order valence-corrected chi connectivity index (χ2v) is 6.68. The van der Waals surface area contributed by atoms with Gasteiger partial charge in [0.05, 0.1) is 18.5 Å². The molecule has 7 nitrogen and oxygen atoms in total. The van der Waals surface area contributed by atoms with Gasteiger partial charge < -0.3 is 15.4 Å². The molecule has 3 amide bonds. The third-order valence-electron chi connectivity index (χ3n) is 3.64. The molecule has 8 heteroatoms. The van der Waals surface area contributed by atoms with Crippen LogP contribution in [0.2, 0.25) is 0 Å². The highest BCUT2D eigenvalue weighted by atomic mass is 32.1. The Morgan fingerprint density at radius 1 is 1.19 bits per heavy atom. The molecule has 0 saturated heterocycles. The highest BCUT2D eigenvalue weighted by Gasteiger charge is 2.16. The number of para-hydroxylation sites is 2. The first kappa shape index (κ1) is 19.7. The number of hydrogen-bond acceptors (Lipinski definition) is 5. The first-order chi connectivity index (χ1) is 12.5. The Labute approximate surface area is 157 Å². The molecular weight excluding hydrogens is 352 g/mol. The number of amides is 3. The maximum Gasteiger partial charge on any atom is 0.325 e. The van der Waals surface area contributed by atoms with Crippen molar-refractivity contribution >= 4 is 34.1 Å². The quantitative estimate of drug-likeness (QED) is 0.607. The van der Waals surface area contributed by atoms with Crippen molar-refractivity contribution in [2.75, 3.05) is 24.3 Å². The van der Waals surface area contributed by atoms with Crippen LogP contribution in [0.15, 0.2) is 24.3 Å². The number of methoxy groups -OCH3 is 1. The van der Waals surface area contributed by atoms with Crippen LogP contribution in [0.3, 0.4) is 0 Å². The molecule has 2 aromatic rings. The number of nitrogens with one attached hydrogen (secondary N) is 3. The molecule has 26 heavy (non-hydrogen) atoms. The topological polar surface area (TPSA) is 92.4 Å². The number of anilines is 2. The molecule has 1 aromatic heterocycles. The monoisotopic (exact) mass is 376 g/mol. The third-order valence-corrected chi connectivity index (χ3v) is 4.72. The van der Waals surface area contributed by atoms with E-state index in [-0.39, 0.29) is 5.91 Å². The Bertz CT molecular complexity index is 761. The van der Waals surface area contributed by atoms with Gasteiger partial charge in [-0.05, 0) is 25.5 Å². The van der Waals surface area contributed by atoms with Crippen LogP contribution in [0.4, 0.5) is 15.6 Å². The Morgan fingerprint density at radius 3 is 2.69 bits per heavy atom. The lowest BCUT2D eigenvalue weighted by molar-refractivity contribution is 0.0956. The average molecular weight is 376 g/mol. The Kier molecular flexibility index (Phi) is 7.40. The molecule has 0 aliphatic carbocycles. The molecule has 2 rings (SSSR count). The van der Waals surface area contributed by atoms with Gasteiger partial charge in [0.2, 0.25) is 0 Å². The number of carbonyl (C=O) groups excluding carboxylic acids is 2. The number of ether oxygens (including phenoxy) is 1. The second kappa shape index (κ2) is 9.76. The zero-order valence-corrected chi connectivity index (χ0v) is 16.0. The molecule has 0 aliphatic rings. The molecule has 0 atom stereocenters. The summed E-state index contributed by atoms with van der Waals surface area (Å²) in [4.78, 5) is 29.2. The van der Waals surface area contributed by atoms with Crippen LogP contribution in [0, 0.1) is 6.92 Å². The molecule has 0 radical (unpaired) electrons. The molecule has 140 valence electrons. The summed E-state index contributed by atoms with van der Waals surface area (Å²) in [5.74, 6) is 0.402. The predicted octanol–water partition coefficient (Wildman–Crippen LogP) is 4.02. The number of aryl methyl sites for hydroxylation is 1. The fourth-order valence-electron chi connectivity index (χ4n) is 2.32. The van der Waals surface area contributed by atoms with Gasteiger partial charge in [-0.1, -0.05) is 43.2 Å². The molecule has 0 saturated carbocycles. The van der Waals surface area contributed by atoms with Gasteiger partial charge in [0.25, 0.3) is 5.91 Å². The molecular formula is C18H24N4O3S. The average Bonchev–Trinajstić information content (AvgIpc) is 2.99. The summed E-state index contributed by atoms with van der Waals surface area (Å²) in [6.45, 7) is 4.50. The highest BCUT2D eigenvalue weighted by Crippen LogP contribution is 2.25. The van der Waals surface area contributed by atoms with Gasteiger partial charge in [-0.15, -0.1) is 0 Å². The van der Waals surface area contributed by atoms with Crippen LogP contribution >= 0.6 is 11.3 Å². The van der Waals surface area contributed by atoms with Crippen LogP contribution in [-0.4, -0.2) is 30.6 Å². The lowest BCUT2D eigenvalue weighted by Gasteiger charge is -2.09. The number of urea groups is 1. The zero-order valence-electron chi connectivity index (χ0n) is 15.2. The molecule has 1 heterocycles. The Morgan fingerprint density at radius 2 is 1.96 bits per heavy atom. The van der Waals surface area contributed by atoms with E-state index in [2.05, 4.69) is 27.9 Å². The van der Waals surface area contributed by atoms with Crippen LogP contribution < -0.4 is 20.7 Å². The molecule has 0 fully saturated rings. The van der Waals surface area contributed by atoms with E-state index in [4.69, 9.17) is 4.74 Å². The van der Waals surface area contributed by atoms with Crippen LogP contribution in [-0.2, 0) is 0 Å². The number of hydrogen-bond donors (Lipinski definition) is 3. The minimum atomic E-state index is -0.446. The highest BCUT2D eigenvalue weighted by molar-refractivity contribution is 7.17. The normalized spacial score (nSPS) is 10.3. The minimum absolute atomic E-state index is 0.158. The van der Waals surface area contributed by atoms with Crippen LogP contribution in [0.1, 0.15) is 41.6 Å². The van der Waals surface area contributed by atoms with Crippen molar-refractivity contribution in [3.8, 4) is 5.75 Å². The number of thiazole rings is 1. The van der Waals surface area contributed by atoms with Gasteiger partial charge in [-0.2, -0.15) is 0 Å². The summed E-state index contributed by atoms with van der Waals surface area (Å²) < 4.78 is 5.20. The number of nitrogens with zero attached hydrogens (tertiary/aromatic N) is 1. The predicted molar refractivity (Wildman–Crippen MR) is 104 cm³/mol. The largest absolute Gasteiger partial charge is 0.495 e. The van der Waals surface area contributed by atoms with E-state index in [1.165, 1.54) is 7.11 Å². The number of rotatable bonds is 8. The number of unbranched alkanes of at least 4 members (excludes halogenated alkanes) is 2. The molecule has 0 spiro atoms. The van der Waals surface area contributed by atoms with Gasteiger partial charge >= 0.3 is 6.03 Å². The smallest absolute Gasteiger partial charge is 0.325 e. The fraction of sp³-hybridized carbons (Fsp3) is 0.389. The first-order valence-electron chi connectivity index (χ1n) is 8.51. The van der Waals surface area contributed by atoms with Crippen molar-refractivity contribution in [1.29, 1.82) is 0 Å². The van der Waals surface area contributed by atoms with Crippen molar-refractivity contribution in [3.63, 3.8) is 0 Å². The molecule has 0 bridgehead atoms. The molecule has 1 aromatic carbocycles. The van der Waals surface area contributed by atoms with Gasteiger partial charge in [0, 0.05) is 6.54 Å². The minimum Gasteiger partial charge on any atom is -0.495 e. The first-order valence-corrected chi connectivity index (χ1v) is 9.33. The van der Waals surface area contributed by atoms with Crippen molar-refractivity contribution in [2.45, 2.75) is 33.1 Å². The summed E-state index contributed by atoms with van der Waals surface area (Å²) in [5, 5.41) is 8.62. The van der Waals surface area contributed by atoms with E-state index >= 15 is 0 Å². The van der Waals surface area contributed by atoms with E-state index < -0.39 is 6.03 Å². The van der Waals surface area contributed by atoms with E-state index in [9.17, 15) is 9.59 Å². The summed E-state index contributed by atoms with van der Waals surface area (Å²) in [5.41, 5.74) is 1.14. The van der Waals surface area contributed by atoms with E-state index in [0.717, 1.165) is 30.6 Å². The van der Waals surface area contributed by atoms with Crippen molar-refractivity contribution in [3.05, 3.63) is 34.8 Å². The number of benzene rings is 1. The van der Waals surface area contributed by atoms with E-state index in [0.29, 0.717) is 33.7 Å². The Hall–Kier alpha value is -2.61. The number of aromatic nitrogens is 1. The lowest BCUT2D eigenvalue weighted by atomic mass is 10.2. The van der Waals surface area contributed by atoms with Gasteiger partial charge in [-0.3, -0.25) is 10.1 Å². The van der Waals surface area contributed by atoms with Crippen LogP contribution in [0.25, 0.3) is 0 Å². The SMILES string of the molecule is CCCCCNC(=O)c1sc(NC(=O)Nc2ccccc2OC)nc1C. The van der Waals surface area contributed by atoms with Crippen molar-refractivity contribution in [2.24, 2.45) is 0 Å². The standard InChI is InChI=1S/C18H24N4O3S/c1-4-5-8-11-19-16(23)15-12(2)20-18(26-15)22-17(24)21-13-9-6-7-10-14(13)25-3/h6-7,9-10H,4-5,8,11H2,1-3H3,(H,19,23)(H2,20,21,22,24). The lowest BCUT2D eigenvalue weighted by Crippen LogP contribution is -2.24. The maximum absolute atomic E-state index is 12.2. The summed E-state index contributed by atoms with van der Waals surface area (Å²) in [6, 6.07) is 6.66. The summed E-state index contributed by atoms with van der Waals surface area (Å²) in [6.07, 6.45) is 3.13. The van der Waals surface area contributed by atoms with Gasteiger partial charge in [0.1, 0.15) is 10.6 Å². The van der Waals surface area contributed by atoms with E-state index in [1.807, 2.05) is 6.07 Å². The maximum atomic E-state index is 12.2. The fourth-order valence-corrected chi connectivity index (χ4v) is 3.19. The Balaban J connectivity index is 1.95. The second-order valence-electron chi connectivity index (χ2n) is 5.68. The van der Waals surface area contributed by atoms with E-state index in [1.54, 1.807) is 25.1 Å². The van der Waals surface area contributed by atoms with Crippen molar-refractivity contribution < 1.29 is 14.3 Å². The third kappa shape index (κ3) is 5.45. The number of carbonyl (C=O) groups is 2. The summed E-state index contributed by atoms with van der Waals surface area (Å²) >= 11 is 1.15. The summed E-state index contributed by atoms with van der Waals surface area (Å²) in [7, 11) is 1.54. The van der Waals surface area contributed by atoms with Crippen LogP contribution in [0.5, 0.6) is 5.75 Å². The van der Waals surface area contributed by atoms with Gasteiger partial charge in [-0.25, -0.2) is 9.78 Å². The molecule has 3 N–H and O–H groups in total. The zero-order chi connectivity index (χ0) is 18.9. The van der Waals surface area contributed by atoms with Crippen molar-refractivity contribution in [1.82, 2.24) is 10.3 Å². The molecule has 0 aliphatic heterocycles.